The quantitative estimate of drug-likeness (QED) is 0.212. The van der Waals surface area contributed by atoms with E-state index in [1.165, 1.54) is 56.3 Å². The number of pyridine rings is 1. The van der Waals surface area contributed by atoms with Crippen molar-refractivity contribution in [2.45, 2.75) is 99.9 Å². The van der Waals surface area contributed by atoms with Crippen molar-refractivity contribution in [3.63, 3.8) is 0 Å². The molecule has 0 aromatic carbocycles. The summed E-state index contributed by atoms with van der Waals surface area (Å²) in [6.07, 6.45) is 11.1. The summed E-state index contributed by atoms with van der Waals surface area (Å²) in [5.41, 5.74) is 2.28. The molecule has 5 N–H and O–H groups in total. The summed E-state index contributed by atoms with van der Waals surface area (Å²) < 4.78 is 0. The van der Waals surface area contributed by atoms with Gasteiger partial charge in [0.05, 0.1) is 11.4 Å². The third kappa shape index (κ3) is 10.0. The summed E-state index contributed by atoms with van der Waals surface area (Å²) in [7, 11) is 9.59. The van der Waals surface area contributed by atoms with E-state index >= 15 is 0 Å². The van der Waals surface area contributed by atoms with E-state index in [9.17, 15) is 0 Å². The first-order valence-electron chi connectivity index (χ1n) is 12.8. The Balaban J connectivity index is 0.00000103. The van der Waals surface area contributed by atoms with E-state index in [2.05, 4.69) is 33.4 Å². The Morgan fingerprint density at radius 2 is 1.26 bits per heavy atom. The zero-order chi connectivity index (χ0) is 24.0. The molecule has 1 aromatic heterocycles. The SMILES string of the molecule is OCCCSc1cc2nc(c1)CN[C@@H]1CCCC[C@H]1NCCN[C@@H]1CCCC[C@H]1NC2.[Cl][Mn][Cl]. The molecule has 2 saturated carbocycles. The van der Waals surface area contributed by atoms with Crippen molar-refractivity contribution in [3.8, 4) is 0 Å². The van der Waals surface area contributed by atoms with Crippen LogP contribution < -0.4 is 21.3 Å². The Hall–Kier alpha value is 0.399. The van der Waals surface area contributed by atoms with Gasteiger partial charge in [0.15, 0.2) is 0 Å². The van der Waals surface area contributed by atoms with Crippen molar-refractivity contribution < 1.29 is 18.2 Å². The van der Waals surface area contributed by atoms with Crippen LogP contribution in [-0.2, 0) is 26.2 Å². The number of halogens is 2. The fraction of sp³-hybridized carbons (Fsp3) is 0.792. The van der Waals surface area contributed by atoms with E-state index in [4.69, 9.17) is 30.3 Å². The van der Waals surface area contributed by atoms with Crippen molar-refractivity contribution in [3.05, 3.63) is 23.5 Å². The second-order valence-corrected chi connectivity index (χ2v) is 12.5. The van der Waals surface area contributed by atoms with Gasteiger partial charge in [-0.2, -0.15) is 0 Å². The number of hydrogen-bond acceptors (Lipinski definition) is 7. The molecular weight excluding hydrogens is 532 g/mol. The Bertz CT molecular complexity index is 659. The predicted molar refractivity (Wildman–Crippen MR) is 140 cm³/mol. The molecule has 4 atom stereocenters. The summed E-state index contributed by atoms with van der Waals surface area (Å²) >= 11 is 1.84. The fourth-order valence-corrected chi connectivity index (χ4v) is 6.31. The van der Waals surface area contributed by atoms with Crippen molar-refractivity contribution in [1.29, 1.82) is 0 Å². The average molecular weight is 574 g/mol. The number of nitrogens with one attached hydrogen (secondary N) is 4. The molecule has 1 aromatic rings. The van der Waals surface area contributed by atoms with Gasteiger partial charge in [-0.1, -0.05) is 25.7 Å². The van der Waals surface area contributed by atoms with Gasteiger partial charge in [0.25, 0.3) is 0 Å². The number of aliphatic hydroxyl groups is 1. The minimum atomic E-state index is 0.00694. The molecule has 1 aliphatic heterocycles. The maximum atomic E-state index is 9.15. The second-order valence-electron chi connectivity index (χ2n) is 9.43. The van der Waals surface area contributed by atoms with E-state index < -0.39 is 0 Å². The van der Waals surface area contributed by atoms with Gasteiger partial charge in [0.2, 0.25) is 0 Å². The molecule has 34 heavy (non-hydrogen) atoms. The maximum absolute atomic E-state index is 9.15. The Morgan fingerprint density at radius 1 is 0.824 bits per heavy atom. The third-order valence-corrected chi connectivity index (χ3v) is 8.10. The molecule has 4 rings (SSSR count). The monoisotopic (exact) mass is 572 g/mol. The number of nitrogens with zero attached hydrogens (tertiary/aromatic N) is 1. The van der Waals surface area contributed by atoms with Crippen LogP contribution in [0.4, 0.5) is 0 Å². The van der Waals surface area contributed by atoms with E-state index in [0.717, 1.165) is 49.7 Å². The summed E-state index contributed by atoms with van der Waals surface area (Å²) in [5, 5.41) is 24.5. The first kappa shape index (κ1) is 29.0. The molecule has 0 radical (unpaired) electrons. The Morgan fingerprint density at radius 3 is 1.71 bits per heavy atom. The number of thioether (sulfide) groups is 1. The van der Waals surface area contributed by atoms with Crippen LogP contribution >= 0.6 is 32.0 Å². The number of hydrogen-bond donors (Lipinski definition) is 5. The van der Waals surface area contributed by atoms with E-state index in [0.29, 0.717) is 24.2 Å². The summed E-state index contributed by atoms with van der Waals surface area (Å²) in [6, 6.07) is 6.65. The zero-order valence-corrected chi connectivity index (χ0v) is 23.5. The molecule has 6 nitrogen and oxygen atoms in total. The molecule has 0 unspecified atom stereocenters. The van der Waals surface area contributed by atoms with Crippen LogP contribution in [0.5, 0.6) is 0 Å². The number of rotatable bonds is 4. The number of aliphatic hydroxyl groups excluding tert-OH is 1. The number of fused-ring (bicyclic) bond motifs is 4. The standard InChI is InChI=1S/C24H41N5OS.2ClH.Mn/c30-12-5-13-31-20-14-18-16-27-23-8-3-1-6-21(23)25-10-11-26-22-7-2-4-9-24(22)28-17-19(15-20)29-18;;;/h14-15,21-28,30H,1-13,16-17H2;2*1H;/q;;;+2/p-2/t21-,22-,23-,24-;;;/m1.../s1. The van der Waals surface area contributed by atoms with Crippen molar-refractivity contribution in [1.82, 2.24) is 26.3 Å². The minimum absolute atomic E-state index is 0.00694. The van der Waals surface area contributed by atoms with Gasteiger partial charge in [-0.3, -0.25) is 4.98 Å². The first-order valence-corrected chi connectivity index (χ1v) is 17.0. The zero-order valence-electron chi connectivity index (χ0n) is 20.0. The van der Waals surface area contributed by atoms with Crippen LogP contribution in [0.1, 0.15) is 69.2 Å². The van der Waals surface area contributed by atoms with Crippen molar-refractivity contribution in [2.24, 2.45) is 0 Å². The number of aromatic nitrogens is 1. The normalized spacial score (nSPS) is 28.3. The van der Waals surface area contributed by atoms with E-state index in [1.54, 1.807) is 0 Å². The molecule has 0 amide bonds. The van der Waals surface area contributed by atoms with Crippen LogP contribution in [0.2, 0.25) is 0 Å². The van der Waals surface area contributed by atoms with Gasteiger partial charge < -0.3 is 26.4 Å². The molecule has 3 aliphatic rings. The van der Waals surface area contributed by atoms with Gasteiger partial charge in [-0.05, 0) is 44.2 Å². The molecule has 2 heterocycles. The Labute approximate surface area is 224 Å². The van der Waals surface area contributed by atoms with Crippen LogP contribution in [0.3, 0.4) is 0 Å². The Kier molecular flexibility index (Phi) is 14.5. The molecule has 2 fully saturated rings. The molecule has 2 aliphatic carbocycles. The van der Waals surface area contributed by atoms with E-state index in [-0.39, 0.29) is 19.7 Å². The molecule has 10 heteroatoms. The predicted octanol–water partition coefficient (Wildman–Crippen LogP) is 3.93. The molecule has 2 bridgehead atoms. The summed E-state index contributed by atoms with van der Waals surface area (Å²) in [4.78, 5) is 6.30. The van der Waals surface area contributed by atoms with Crippen LogP contribution in [0.25, 0.3) is 0 Å². The second kappa shape index (κ2) is 17.0. The fourth-order valence-electron chi connectivity index (χ4n) is 5.36. The van der Waals surface area contributed by atoms with Gasteiger partial charge in [-0.25, -0.2) is 0 Å². The third-order valence-electron chi connectivity index (χ3n) is 7.04. The van der Waals surface area contributed by atoms with Gasteiger partial charge in [0, 0.05) is 67.6 Å². The van der Waals surface area contributed by atoms with Gasteiger partial charge in [-0.15, -0.1) is 11.8 Å². The average Bonchev–Trinajstić information content (AvgIpc) is 2.86. The summed E-state index contributed by atoms with van der Waals surface area (Å²) in [5.74, 6) is 0.948. The van der Waals surface area contributed by atoms with Gasteiger partial charge in [0.1, 0.15) is 0 Å². The molecular formula is C24H41Cl2MnN5OS. The topological polar surface area (TPSA) is 81.2 Å². The van der Waals surface area contributed by atoms with E-state index in [1.807, 2.05) is 11.8 Å². The van der Waals surface area contributed by atoms with Gasteiger partial charge >= 0.3 is 33.3 Å². The molecule has 0 saturated heterocycles. The first-order chi connectivity index (χ1) is 16.7. The van der Waals surface area contributed by atoms with Crippen LogP contribution in [0, 0.1) is 0 Å². The van der Waals surface area contributed by atoms with Crippen molar-refractivity contribution in [2.75, 3.05) is 25.4 Å². The van der Waals surface area contributed by atoms with Crippen LogP contribution in [0.15, 0.2) is 17.0 Å². The molecule has 0 spiro atoms. The molecule has 195 valence electrons. The summed E-state index contributed by atoms with van der Waals surface area (Å²) in [6.45, 7) is 4.00. The van der Waals surface area contributed by atoms with Crippen LogP contribution in [-0.4, -0.2) is 59.7 Å². The van der Waals surface area contributed by atoms with Crippen molar-refractivity contribution >= 4 is 32.0 Å².